The Kier molecular flexibility index (Phi) is 5.77. The molecular weight excluding hydrogens is 412 g/mol. The molecule has 1 atom stereocenters. The highest BCUT2D eigenvalue weighted by atomic mass is 16.4. The number of pyridine rings is 1. The van der Waals surface area contributed by atoms with Crippen molar-refractivity contribution in [2.24, 2.45) is 5.92 Å². The molecule has 0 spiro atoms. The molecule has 0 saturated heterocycles. The van der Waals surface area contributed by atoms with Gasteiger partial charge in [0.25, 0.3) is 0 Å². The van der Waals surface area contributed by atoms with Crippen molar-refractivity contribution in [2.45, 2.75) is 32.4 Å². The fourth-order valence-corrected chi connectivity index (χ4v) is 4.68. The van der Waals surface area contributed by atoms with E-state index in [1.165, 1.54) is 53.2 Å². The molecule has 0 unspecified atom stereocenters. The summed E-state index contributed by atoms with van der Waals surface area (Å²) in [5.74, 6) is -0.168. The predicted octanol–water partition coefficient (Wildman–Crippen LogP) is 5.23. The van der Waals surface area contributed by atoms with Gasteiger partial charge in [-0.1, -0.05) is 23.8 Å². The van der Waals surface area contributed by atoms with Crippen molar-refractivity contribution in [3.63, 3.8) is 0 Å². The minimum Gasteiger partial charge on any atom is -0.478 e. The summed E-state index contributed by atoms with van der Waals surface area (Å²) >= 11 is 0. The summed E-state index contributed by atoms with van der Waals surface area (Å²) in [7, 11) is 2.12. The van der Waals surface area contributed by atoms with Gasteiger partial charge in [-0.25, -0.2) is 4.79 Å². The standard InChI is InChI=1S/C27H30N4O2/c1-18-3-7-21(8-4-18)31(16-19-5-6-19)22-9-10-23-20(13-22)17-30(2)26(23)15-29-25-14-28-12-11-24(25)27(32)33/h3-4,7-14,19,26,29H,5-6,15-17H2,1-2H3,(H,32,33)/t26-/m1/s1. The van der Waals surface area contributed by atoms with Crippen molar-refractivity contribution in [3.8, 4) is 0 Å². The van der Waals surface area contributed by atoms with E-state index in [1.54, 1.807) is 6.20 Å². The number of aromatic carboxylic acids is 1. The lowest BCUT2D eigenvalue weighted by molar-refractivity contribution is 0.0697. The molecule has 33 heavy (non-hydrogen) atoms. The van der Waals surface area contributed by atoms with Crippen LogP contribution in [0.5, 0.6) is 0 Å². The summed E-state index contributed by atoms with van der Waals surface area (Å²) in [6.45, 7) is 4.68. The van der Waals surface area contributed by atoms with E-state index in [0.717, 1.165) is 19.0 Å². The van der Waals surface area contributed by atoms with E-state index in [0.29, 0.717) is 12.2 Å². The number of anilines is 3. The van der Waals surface area contributed by atoms with Crippen molar-refractivity contribution in [3.05, 3.63) is 83.2 Å². The average molecular weight is 443 g/mol. The minimum absolute atomic E-state index is 0.173. The number of nitrogens with one attached hydrogen (secondary N) is 1. The molecule has 2 heterocycles. The van der Waals surface area contributed by atoms with Crippen molar-refractivity contribution in [2.75, 3.05) is 30.4 Å². The Morgan fingerprint density at radius 2 is 1.91 bits per heavy atom. The van der Waals surface area contributed by atoms with Gasteiger partial charge in [-0.3, -0.25) is 9.88 Å². The quantitative estimate of drug-likeness (QED) is 0.498. The zero-order chi connectivity index (χ0) is 22.9. The van der Waals surface area contributed by atoms with Crippen LogP contribution in [0, 0.1) is 12.8 Å². The second-order valence-corrected chi connectivity index (χ2v) is 9.31. The van der Waals surface area contributed by atoms with Crippen molar-refractivity contribution in [1.29, 1.82) is 0 Å². The molecule has 2 aliphatic rings. The van der Waals surface area contributed by atoms with Gasteiger partial charge in [-0.2, -0.15) is 0 Å². The van der Waals surface area contributed by atoms with Crippen LogP contribution in [-0.2, 0) is 6.54 Å². The molecule has 3 aromatic rings. The van der Waals surface area contributed by atoms with E-state index in [-0.39, 0.29) is 11.6 Å². The Balaban J connectivity index is 1.38. The van der Waals surface area contributed by atoms with Crippen LogP contribution in [0.4, 0.5) is 17.1 Å². The van der Waals surface area contributed by atoms with Gasteiger partial charge in [-0.15, -0.1) is 0 Å². The number of benzene rings is 2. The van der Waals surface area contributed by atoms with E-state index in [2.05, 4.69) is 76.5 Å². The zero-order valence-electron chi connectivity index (χ0n) is 19.2. The number of rotatable bonds is 8. The number of nitrogens with zero attached hydrogens (tertiary/aromatic N) is 3. The lowest BCUT2D eigenvalue weighted by Crippen LogP contribution is -2.24. The maximum absolute atomic E-state index is 11.5. The molecule has 2 N–H and O–H groups in total. The molecule has 1 aliphatic heterocycles. The third-order valence-electron chi connectivity index (χ3n) is 6.77. The summed E-state index contributed by atoms with van der Waals surface area (Å²) in [6.07, 6.45) is 5.72. The second-order valence-electron chi connectivity index (χ2n) is 9.31. The first-order valence-electron chi connectivity index (χ1n) is 11.6. The molecule has 2 aromatic carbocycles. The van der Waals surface area contributed by atoms with Crippen LogP contribution in [0.2, 0.25) is 0 Å². The molecule has 1 aromatic heterocycles. The number of carboxylic acid groups (broad SMARTS) is 1. The topological polar surface area (TPSA) is 68.7 Å². The molecule has 170 valence electrons. The van der Waals surface area contributed by atoms with Gasteiger partial charge in [0, 0.05) is 37.2 Å². The number of carbonyl (C=O) groups is 1. The van der Waals surface area contributed by atoms with Crippen LogP contribution < -0.4 is 10.2 Å². The lowest BCUT2D eigenvalue weighted by Gasteiger charge is -2.26. The molecule has 0 amide bonds. The zero-order valence-corrected chi connectivity index (χ0v) is 19.2. The highest BCUT2D eigenvalue weighted by Gasteiger charge is 2.30. The molecule has 5 rings (SSSR count). The maximum Gasteiger partial charge on any atom is 0.337 e. The maximum atomic E-state index is 11.5. The smallest absolute Gasteiger partial charge is 0.337 e. The second kappa shape index (κ2) is 8.87. The van der Waals surface area contributed by atoms with Crippen LogP contribution in [0.15, 0.2) is 60.9 Å². The van der Waals surface area contributed by atoms with E-state index in [9.17, 15) is 9.90 Å². The summed E-state index contributed by atoms with van der Waals surface area (Å²) in [5, 5.41) is 12.8. The number of hydrogen-bond donors (Lipinski definition) is 2. The van der Waals surface area contributed by atoms with Crippen LogP contribution >= 0.6 is 0 Å². The van der Waals surface area contributed by atoms with Crippen LogP contribution in [0.3, 0.4) is 0 Å². The van der Waals surface area contributed by atoms with E-state index >= 15 is 0 Å². The Labute approximate surface area is 194 Å². The third-order valence-corrected chi connectivity index (χ3v) is 6.77. The Hall–Kier alpha value is -3.38. The van der Waals surface area contributed by atoms with E-state index in [1.807, 2.05) is 0 Å². The van der Waals surface area contributed by atoms with Gasteiger partial charge in [0.2, 0.25) is 0 Å². The summed E-state index contributed by atoms with van der Waals surface area (Å²) in [4.78, 5) is 20.4. The highest BCUT2D eigenvalue weighted by molar-refractivity contribution is 5.93. The van der Waals surface area contributed by atoms with E-state index < -0.39 is 5.97 Å². The van der Waals surface area contributed by atoms with Gasteiger partial charge in [0.05, 0.1) is 23.5 Å². The monoisotopic (exact) mass is 442 g/mol. The number of hydrogen-bond acceptors (Lipinski definition) is 5. The number of aryl methyl sites for hydroxylation is 1. The van der Waals surface area contributed by atoms with Gasteiger partial charge >= 0.3 is 5.97 Å². The Morgan fingerprint density at radius 1 is 1.15 bits per heavy atom. The SMILES string of the molecule is Cc1ccc(N(CC2CC2)c2ccc3c(c2)CN(C)[C@@H]3CNc2cnccc2C(=O)O)cc1. The molecule has 6 nitrogen and oxygen atoms in total. The summed E-state index contributed by atoms with van der Waals surface area (Å²) in [6, 6.07) is 17.3. The fourth-order valence-electron chi connectivity index (χ4n) is 4.68. The summed E-state index contributed by atoms with van der Waals surface area (Å²) in [5.41, 5.74) is 7.19. The first kappa shape index (κ1) is 21.5. The molecule has 1 aliphatic carbocycles. The molecule has 1 saturated carbocycles. The number of likely N-dealkylation sites (N-methyl/N-ethyl adjacent to an activating group) is 1. The van der Waals surface area contributed by atoms with Crippen molar-refractivity contribution < 1.29 is 9.90 Å². The van der Waals surface area contributed by atoms with Crippen LogP contribution in [-0.4, -0.2) is 41.1 Å². The first-order valence-corrected chi connectivity index (χ1v) is 11.6. The fraction of sp³-hybridized carbons (Fsp3) is 0.333. The number of fused-ring (bicyclic) bond motifs is 1. The average Bonchev–Trinajstić information content (AvgIpc) is 3.58. The van der Waals surface area contributed by atoms with Gasteiger partial charge in [0.15, 0.2) is 0 Å². The molecule has 0 bridgehead atoms. The summed E-state index contributed by atoms with van der Waals surface area (Å²) < 4.78 is 0. The molecular formula is C27H30N4O2. The number of aromatic nitrogens is 1. The van der Waals surface area contributed by atoms with Crippen LogP contribution in [0.1, 0.15) is 45.9 Å². The minimum atomic E-state index is -0.948. The Bertz CT molecular complexity index is 1160. The third kappa shape index (κ3) is 4.57. The van der Waals surface area contributed by atoms with Gasteiger partial charge < -0.3 is 15.3 Å². The van der Waals surface area contributed by atoms with E-state index in [4.69, 9.17) is 0 Å². The number of carboxylic acids is 1. The predicted molar refractivity (Wildman–Crippen MR) is 131 cm³/mol. The molecule has 0 radical (unpaired) electrons. The van der Waals surface area contributed by atoms with Crippen molar-refractivity contribution >= 4 is 23.0 Å². The molecule has 1 fully saturated rings. The van der Waals surface area contributed by atoms with Gasteiger partial charge in [0.1, 0.15) is 0 Å². The van der Waals surface area contributed by atoms with Gasteiger partial charge in [-0.05, 0) is 74.2 Å². The van der Waals surface area contributed by atoms with Crippen LogP contribution in [0.25, 0.3) is 0 Å². The largest absolute Gasteiger partial charge is 0.478 e. The normalized spacial score (nSPS) is 17.6. The first-order chi connectivity index (χ1) is 16.0. The van der Waals surface area contributed by atoms with Crippen molar-refractivity contribution in [1.82, 2.24) is 9.88 Å². The Morgan fingerprint density at radius 3 is 2.64 bits per heavy atom. The lowest BCUT2D eigenvalue weighted by atomic mass is 10.0. The molecule has 6 heteroatoms. The highest BCUT2D eigenvalue weighted by Crippen LogP contribution is 2.39.